The van der Waals surface area contributed by atoms with E-state index in [0.717, 1.165) is 60.7 Å². The maximum Gasteiger partial charge on any atom is 0.231 e. The summed E-state index contributed by atoms with van der Waals surface area (Å²) in [5.74, 6) is 1.71. The zero-order valence-electron chi connectivity index (χ0n) is 14.8. The highest BCUT2D eigenvalue weighted by atomic mass is 32.1. The molecule has 0 amide bonds. The minimum atomic E-state index is 0.327. The van der Waals surface area contributed by atoms with Gasteiger partial charge in [0.1, 0.15) is 5.01 Å². The second-order valence-electron chi connectivity index (χ2n) is 6.54. The second kappa shape index (κ2) is 7.17. The molecule has 0 saturated carbocycles. The first-order chi connectivity index (χ1) is 12.2. The Morgan fingerprint density at radius 3 is 2.72 bits per heavy atom. The van der Waals surface area contributed by atoms with E-state index in [1.54, 1.807) is 11.3 Å². The van der Waals surface area contributed by atoms with E-state index in [-0.39, 0.29) is 0 Å². The number of aryl methyl sites for hydroxylation is 1. The van der Waals surface area contributed by atoms with Crippen LogP contribution in [0.5, 0.6) is 11.5 Å². The smallest absolute Gasteiger partial charge is 0.231 e. The van der Waals surface area contributed by atoms with Gasteiger partial charge >= 0.3 is 0 Å². The predicted octanol–water partition coefficient (Wildman–Crippen LogP) is 3.10. The summed E-state index contributed by atoms with van der Waals surface area (Å²) in [4.78, 5) is 4.88. The molecule has 0 unspecified atom stereocenters. The molecule has 0 bridgehead atoms. The molecule has 6 nitrogen and oxygen atoms in total. The Bertz CT molecular complexity index is 728. The minimum Gasteiger partial charge on any atom is -0.454 e. The molecule has 25 heavy (non-hydrogen) atoms. The summed E-state index contributed by atoms with van der Waals surface area (Å²) in [6, 6.07) is 6.63. The molecular formula is C18H24N4O2S. The number of hydrogen-bond donors (Lipinski definition) is 0. The Labute approximate surface area is 152 Å². The highest BCUT2D eigenvalue weighted by Gasteiger charge is 2.25. The van der Waals surface area contributed by atoms with Gasteiger partial charge in [-0.05, 0) is 31.0 Å². The van der Waals surface area contributed by atoms with E-state index in [1.165, 1.54) is 5.56 Å². The fourth-order valence-electron chi connectivity index (χ4n) is 3.37. The van der Waals surface area contributed by atoms with Crippen molar-refractivity contribution in [3.63, 3.8) is 0 Å². The van der Waals surface area contributed by atoms with Crippen molar-refractivity contribution in [3.05, 3.63) is 28.8 Å². The number of nitrogens with zero attached hydrogens (tertiary/aromatic N) is 4. The van der Waals surface area contributed by atoms with Crippen LogP contribution >= 0.6 is 11.3 Å². The van der Waals surface area contributed by atoms with Crippen molar-refractivity contribution >= 4 is 16.5 Å². The summed E-state index contributed by atoms with van der Waals surface area (Å²) in [5, 5.41) is 10.9. The summed E-state index contributed by atoms with van der Waals surface area (Å²) in [6.45, 7) is 8.81. The molecule has 1 fully saturated rings. The molecule has 2 aliphatic heterocycles. The van der Waals surface area contributed by atoms with Gasteiger partial charge in [0.25, 0.3) is 0 Å². The average molecular weight is 360 g/mol. The molecule has 0 radical (unpaired) electrons. The Balaban J connectivity index is 1.37. The van der Waals surface area contributed by atoms with E-state index in [4.69, 9.17) is 9.47 Å². The number of fused-ring (bicyclic) bond motifs is 1. The fraction of sp³-hybridized carbons (Fsp3) is 0.556. The van der Waals surface area contributed by atoms with E-state index in [0.29, 0.717) is 12.8 Å². The lowest BCUT2D eigenvalue weighted by Crippen LogP contribution is -2.47. The summed E-state index contributed by atoms with van der Waals surface area (Å²) in [6.07, 6.45) is 2.15. The molecule has 0 aliphatic carbocycles. The first-order valence-corrected chi connectivity index (χ1v) is 9.77. The number of aromatic nitrogens is 2. The lowest BCUT2D eigenvalue weighted by molar-refractivity contribution is 0.173. The van der Waals surface area contributed by atoms with E-state index in [1.807, 2.05) is 6.07 Å². The highest BCUT2D eigenvalue weighted by molar-refractivity contribution is 7.15. The van der Waals surface area contributed by atoms with Crippen molar-refractivity contribution in [1.29, 1.82) is 0 Å². The van der Waals surface area contributed by atoms with Gasteiger partial charge in [0.15, 0.2) is 11.5 Å². The van der Waals surface area contributed by atoms with Crippen LogP contribution in [0.25, 0.3) is 0 Å². The molecule has 2 aromatic rings. The molecule has 7 heteroatoms. The van der Waals surface area contributed by atoms with Crippen LogP contribution in [0.4, 0.5) is 5.13 Å². The Kier molecular flexibility index (Phi) is 4.76. The summed E-state index contributed by atoms with van der Waals surface area (Å²) in [5.41, 5.74) is 1.28. The van der Waals surface area contributed by atoms with Crippen LogP contribution in [0, 0.1) is 0 Å². The standard InChI is InChI=1S/C18H24N4O2S/c1-3-4-17-19-20-18(25-17)22-9-7-21(8-10-22)13(2)14-5-6-15-16(11-14)24-12-23-15/h5-6,11,13H,3-4,7-10,12H2,1-2H3/t13-/m0/s1. The molecule has 3 heterocycles. The molecule has 1 saturated heterocycles. The lowest BCUT2D eigenvalue weighted by atomic mass is 10.1. The third kappa shape index (κ3) is 3.43. The maximum absolute atomic E-state index is 5.51. The SMILES string of the molecule is CCCc1nnc(N2CCN([C@@H](C)c3ccc4c(c3)OCO4)CC2)s1. The summed E-state index contributed by atoms with van der Waals surface area (Å²) < 4.78 is 10.9. The number of anilines is 1. The largest absolute Gasteiger partial charge is 0.454 e. The maximum atomic E-state index is 5.51. The van der Waals surface area contributed by atoms with Gasteiger partial charge in [0.2, 0.25) is 11.9 Å². The highest BCUT2D eigenvalue weighted by Crippen LogP contribution is 2.35. The summed E-state index contributed by atoms with van der Waals surface area (Å²) >= 11 is 1.74. The Morgan fingerprint density at radius 1 is 1.12 bits per heavy atom. The molecule has 0 spiro atoms. The van der Waals surface area contributed by atoms with E-state index >= 15 is 0 Å². The zero-order chi connectivity index (χ0) is 17.2. The minimum absolute atomic E-state index is 0.327. The van der Waals surface area contributed by atoms with Crippen LogP contribution in [0.2, 0.25) is 0 Å². The van der Waals surface area contributed by atoms with Crippen molar-refractivity contribution in [2.45, 2.75) is 32.7 Å². The van der Waals surface area contributed by atoms with E-state index < -0.39 is 0 Å². The van der Waals surface area contributed by atoms with Crippen LogP contribution in [-0.2, 0) is 6.42 Å². The van der Waals surface area contributed by atoms with Crippen molar-refractivity contribution in [1.82, 2.24) is 15.1 Å². The van der Waals surface area contributed by atoms with Crippen LogP contribution in [0.3, 0.4) is 0 Å². The number of benzene rings is 1. The predicted molar refractivity (Wildman–Crippen MR) is 98.7 cm³/mol. The lowest BCUT2D eigenvalue weighted by Gasteiger charge is -2.38. The van der Waals surface area contributed by atoms with E-state index in [2.05, 4.69) is 46.0 Å². The van der Waals surface area contributed by atoms with Crippen LogP contribution in [0.1, 0.15) is 36.9 Å². The number of rotatable bonds is 5. The first kappa shape index (κ1) is 16.6. The molecular weight excluding hydrogens is 336 g/mol. The van der Waals surface area contributed by atoms with Crippen LogP contribution < -0.4 is 14.4 Å². The van der Waals surface area contributed by atoms with Gasteiger partial charge in [-0.3, -0.25) is 4.90 Å². The second-order valence-corrected chi connectivity index (χ2v) is 7.58. The average Bonchev–Trinajstić information content (AvgIpc) is 3.30. The quantitative estimate of drug-likeness (QED) is 0.817. The van der Waals surface area contributed by atoms with E-state index in [9.17, 15) is 0 Å². The van der Waals surface area contributed by atoms with Gasteiger partial charge in [0, 0.05) is 38.6 Å². The molecule has 4 rings (SSSR count). The van der Waals surface area contributed by atoms with Crippen molar-refractivity contribution in [2.24, 2.45) is 0 Å². The third-order valence-corrected chi connectivity index (χ3v) is 5.98. The van der Waals surface area contributed by atoms with Crippen LogP contribution in [-0.4, -0.2) is 48.1 Å². The fourth-order valence-corrected chi connectivity index (χ4v) is 4.36. The monoisotopic (exact) mass is 360 g/mol. The van der Waals surface area contributed by atoms with Gasteiger partial charge in [-0.25, -0.2) is 0 Å². The summed E-state index contributed by atoms with van der Waals surface area (Å²) in [7, 11) is 0. The molecule has 1 aromatic carbocycles. The normalized spacial score (nSPS) is 18.6. The molecule has 2 aliphatic rings. The topological polar surface area (TPSA) is 50.7 Å². The number of hydrogen-bond acceptors (Lipinski definition) is 7. The Morgan fingerprint density at radius 2 is 1.92 bits per heavy atom. The van der Waals surface area contributed by atoms with Crippen molar-refractivity contribution in [3.8, 4) is 11.5 Å². The molecule has 134 valence electrons. The molecule has 0 N–H and O–H groups in total. The number of piperazine rings is 1. The third-order valence-electron chi connectivity index (χ3n) is 4.93. The molecule has 1 atom stereocenters. The van der Waals surface area contributed by atoms with Gasteiger partial charge in [-0.1, -0.05) is 24.3 Å². The van der Waals surface area contributed by atoms with Gasteiger partial charge in [-0.15, -0.1) is 10.2 Å². The first-order valence-electron chi connectivity index (χ1n) is 8.95. The van der Waals surface area contributed by atoms with Gasteiger partial charge < -0.3 is 14.4 Å². The van der Waals surface area contributed by atoms with Crippen LogP contribution in [0.15, 0.2) is 18.2 Å². The van der Waals surface area contributed by atoms with Gasteiger partial charge in [0.05, 0.1) is 0 Å². The Hall–Kier alpha value is -1.86. The van der Waals surface area contributed by atoms with Crippen molar-refractivity contribution < 1.29 is 9.47 Å². The number of ether oxygens (including phenoxy) is 2. The zero-order valence-corrected chi connectivity index (χ0v) is 15.6. The molecule has 1 aromatic heterocycles. The van der Waals surface area contributed by atoms with Crippen molar-refractivity contribution in [2.75, 3.05) is 37.9 Å². The van der Waals surface area contributed by atoms with Gasteiger partial charge in [-0.2, -0.15) is 0 Å².